The Balaban J connectivity index is 1.56. The van der Waals surface area contributed by atoms with Crippen LogP contribution in [0.4, 0.5) is 0 Å². The van der Waals surface area contributed by atoms with Crippen molar-refractivity contribution in [1.29, 1.82) is 0 Å². The van der Waals surface area contributed by atoms with Gasteiger partial charge in [-0.05, 0) is 31.5 Å². The number of carbonyl (C=O) groups is 2. The summed E-state index contributed by atoms with van der Waals surface area (Å²) in [6.07, 6.45) is 0.913. The molecule has 166 valence electrons. The SMILES string of the molecule is CCC(C)NC(=O)CN1CCN(C(=O)c2ccccc2OCc2ccccc2Br)CC1. The highest BCUT2D eigenvalue weighted by atomic mass is 79.9. The first-order valence-electron chi connectivity index (χ1n) is 10.7. The number of rotatable bonds is 8. The smallest absolute Gasteiger partial charge is 0.257 e. The van der Waals surface area contributed by atoms with Gasteiger partial charge in [0.25, 0.3) is 5.91 Å². The van der Waals surface area contributed by atoms with E-state index in [0.29, 0.717) is 50.6 Å². The molecule has 0 bridgehead atoms. The Hall–Kier alpha value is -2.38. The van der Waals surface area contributed by atoms with E-state index in [0.717, 1.165) is 16.5 Å². The molecule has 1 saturated heterocycles. The van der Waals surface area contributed by atoms with E-state index in [2.05, 4.69) is 33.1 Å². The average molecular weight is 488 g/mol. The number of halogens is 1. The van der Waals surface area contributed by atoms with Gasteiger partial charge < -0.3 is 15.0 Å². The van der Waals surface area contributed by atoms with Gasteiger partial charge in [-0.25, -0.2) is 0 Å². The standard InChI is InChI=1S/C24H30BrN3O3/c1-3-18(2)26-23(29)16-27-12-14-28(15-13-27)24(30)20-9-5-7-11-22(20)31-17-19-8-4-6-10-21(19)25/h4-11,18H,3,12-17H2,1-2H3,(H,26,29). The van der Waals surface area contributed by atoms with Crippen LogP contribution in [0.15, 0.2) is 53.0 Å². The summed E-state index contributed by atoms with van der Waals surface area (Å²) >= 11 is 3.53. The van der Waals surface area contributed by atoms with Crippen molar-refractivity contribution in [2.24, 2.45) is 0 Å². The van der Waals surface area contributed by atoms with Crippen molar-refractivity contribution < 1.29 is 14.3 Å². The topological polar surface area (TPSA) is 61.9 Å². The summed E-state index contributed by atoms with van der Waals surface area (Å²) in [4.78, 5) is 29.2. The lowest BCUT2D eigenvalue weighted by Gasteiger charge is -2.34. The molecule has 3 rings (SSSR count). The summed E-state index contributed by atoms with van der Waals surface area (Å²) in [5, 5.41) is 2.99. The molecule has 1 aliphatic rings. The van der Waals surface area contributed by atoms with Crippen molar-refractivity contribution in [3.63, 3.8) is 0 Å². The molecule has 2 amide bonds. The number of amides is 2. The van der Waals surface area contributed by atoms with Crippen LogP contribution in [0.3, 0.4) is 0 Å². The zero-order valence-corrected chi connectivity index (χ0v) is 19.7. The van der Waals surface area contributed by atoms with E-state index < -0.39 is 0 Å². The van der Waals surface area contributed by atoms with Gasteiger partial charge in [0, 0.05) is 42.3 Å². The first kappa shape index (κ1) is 23.3. The normalized spacial score (nSPS) is 15.4. The second-order valence-electron chi connectivity index (χ2n) is 7.82. The van der Waals surface area contributed by atoms with Gasteiger partial charge in [-0.15, -0.1) is 0 Å². The molecule has 7 heteroatoms. The third-order valence-corrected chi connectivity index (χ3v) is 6.28. The van der Waals surface area contributed by atoms with Crippen molar-refractivity contribution >= 4 is 27.7 Å². The van der Waals surface area contributed by atoms with Crippen LogP contribution < -0.4 is 10.1 Å². The molecular formula is C24H30BrN3O3. The number of ether oxygens (including phenoxy) is 1. The summed E-state index contributed by atoms with van der Waals surface area (Å²) < 4.78 is 6.98. The second kappa shape index (κ2) is 11.3. The van der Waals surface area contributed by atoms with E-state index in [-0.39, 0.29) is 17.9 Å². The molecule has 0 aliphatic carbocycles. The maximum Gasteiger partial charge on any atom is 0.257 e. The lowest BCUT2D eigenvalue weighted by atomic mass is 10.1. The van der Waals surface area contributed by atoms with Crippen molar-refractivity contribution in [1.82, 2.24) is 15.1 Å². The second-order valence-corrected chi connectivity index (χ2v) is 8.68. The first-order valence-corrected chi connectivity index (χ1v) is 11.5. The minimum absolute atomic E-state index is 0.0357. The van der Waals surface area contributed by atoms with Gasteiger partial charge in [-0.2, -0.15) is 0 Å². The fourth-order valence-corrected chi connectivity index (χ4v) is 3.84. The van der Waals surface area contributed by atoms with E-state index in [1.807, 2.05) is 60.4 Å². The molecule has 1 fully saturated rings. The van der Waals surface area contributed by atoms with Crippen molar-refractivity contribution in [3.8, 4) is 5.75 Å². The molecule has 0 spiro atoms. The van der Waals surface area contributed by atoms with Crippen LogP contribution in [-0.4, -0.2) is 60.4 Å². The van der Waals surface area contributed by atoms with E-state index in [4.69, 9.17) is 4.74 Å². The Morgan fingerprint density at radius 3 is 2.45 bits per heavy atom. The third kappa shape index (κ3) is 6.55. The Morgan fingerprint density at radius 2 is 1.74 bits per heavy atom. The quantitative estimate of drug-likeness (QED) is 0.616. The number of nitrogens with one attached hydrogen (secondary N) is 1. The van der Waals surface area contributed by atoms with Crippen LogP contribution in [0, 0.1) is 0 Å². The first-order chi connectivity index (χ1) is 15.0. The molecule has 0 aromatic heterocycles. The van der Waals surface area contributed by atoms with Crippen LogP contribution in [-0.2, 0) is 11.4 Å². The maximum atomic E-state index is 13.2. The number of carbonyl (C=O) groups excluding carboxylic acids is 2. The van der Waals surface area contributed by atoms with Gasteiger partial charge in [0.15, 0.2) is 0 Å². The van der Waals surface area contributed by atoms with Crippen molar-refractivity contribution in [2.45, 2.75) is 32.9 Å². The van der Waals surface area contributed by atoms with E-state index >= 15 is 0 Å². The van der Waals surface area contributed by atoms with Gasteiger partial charge in [0.05, 0.1) is 12.1 Å². The predicted octanol–water partition coefficient (Wildman–Crippen LogP) is 3.70. The maximum absolute atomic E-state index is 13.2. The Bertz CT molecular complexity index is 897. The van der Waals surface area contributed by atoms with Crippen LogP contribution in [0.25, 0.3) is 0 Å². The average Bonchev–Trinajstić information content (AvgIpc) is 2.78. The summed E-state index contributed by atoms with van der Waals surface area (Å²) in [5.74, 6) is 0.588. The van der Waals surface area contributed by atoms with Gasteiger partial charge in [0.1, 0.15) is 12.4 Å². The molecular weight excluding hydrogens is 458 g/mol. The molecule has 6 nitrogen and oxygen atoms in total. The molecule has 1 aliphatic heterocycles. The number of piperazine rings is 1. The zero-order chi connectivity index (χ0) is 22.2. The lowest BCUT2D eigenvalue weighted by molar-refractivity contribution is -0.123. The fourth-order valence-electron chi connectivity index (χ4n) is 3.45. The summed E-state index contributed by atoms with van der Waals surface area (Å²) in [6, 6.07) is 15.4. The third-order valence-electron chi connectivity index (χ3n) is 5.50. The van der Waals surface area contributed by atoms with Crippen LogP contribution >= 0.6 is 15.9 Å². The van der Waals surface area contributed by atoms with Gasteiger partial charge >= 0.3 is 0 Å². The number of benzene rings is 2. The van der Waals surface area contributed by atoms with Gasteiger partial charge in [-0.1, -0.05) is 53.2 Å². The summed E-state index contributed by atoms with van der Waals surface area (Å²) in [5.41, 5.74) is 1.59. The summed E-state index contributed by atoms with van der Waals surface area (Å²) in [7, 11) is 0. The monoisotopic (exact) mass is 487 g/mol. The molecule has 31 heavy (non-hydrogen) atoms. The van der Waals surface area contributed by atoms with E-state index in [1.54, 1.807) is 0 Å². The van der Waals surface area contributed by atoms with Gasteiger partial charge in [0.2, 0.25) is 5.91 Å². The Labute approximate surface area is 192 Å². The largest absolute Gasteiger partial charge is 0.488 e. The number of nitrogens with zero attached hydrogens (tertiary/aromatic N) is 2. The minimum Gasteiger partial charge on any atom is -0.488 e. The van der Waals surface area contributed by atoms with E-state index in [1.165, 1.54) is 0 Å². The number of hydrogen-bond acceptors (Lipinski definition) is 4. The van der Waals surface area contributed by atoms with Crippen molar-refractivity contribution in [2.75, 3.05) is 32.7 Å². The Kier molecular flexibility index (Phi) is 8.49. The molecule has 2 aromatic rings. The van der Waals surface area contributed by atoms with Gasteiger partial charge in [-0.3, -0.25) is 14.5 Å². The molecule has 1 heterocycles. The number of hydrogen-bond donors (Lipinski definition) is 1. The number of para-hydroxylation sites is 1. The highest BCUT2D eigenvalue weighted by Crippen LogP contribution is 2.24. The fraction of sp³-hybridized carbons (Fsp3) is 0.417. The Morgan fingerprint density at radius 1 is 1.06 bits per heavy atom. The van der Waals surface area contributed by atoms with Crippen LogP contribution in [0.5, 0.6) is 5.75 Å². The lowest BCUT2D eigenvalue weighted by Crippen LogP contribution is -2.51. The molecule has 1 atom stereocenters. The van der Waals surface area contributed by atoms with E-state index in [9.17, 15) is 9.59 Å². The highest BCUT2D eigenvalue weighted by Gasteiger charge is 2.25. The van der Waals surface area contributed by atoms with Crippen molar-refractivity contribution in [3.05, 3.63) is 64.1 Å². The minimum atomic E-state index is -0.0357. The zero-order valence-electron chi connectivity index (χ0n) is 18.1. The molecule has 2 aromatic carbocycles. The molecule has 0 radical (unpaired) electrons. The highest BCUT2D eigenvalue weighted by molar-refractivity contribution is 9.10. The summed E-state index contributed by atoms with van der Waals surface area (Å²) in [6.45, 7) is 7.35. The predicted molar refractivity (Wildman–Crippen MR) is 125 cm³/mol. The molecule has 1 N–H and O–H groups in total. The molecule has 0 saturated carbocycles. The molecule has 1 unspecified atom stereocenters. The van der Waals surface area contributed by atoms with Crippen LogP contribution in [0.1, 0.15) is 36.2 Å². The van der Waals surface area contributed by atoms with Crippen LogP contribution in [0.2, 0.25) is 0 Å².